The Bertz CT molecular complexity index is 359. The molecule has 0 spiro atoms. The average Bonchev–Trinajstić information content (AvgIpc) is 2.42. The van der Waals surface area contributed by atoms with Gasteiger partial charge >= 0.3 is 6.03 Å². The lowest BCUT2D eigenvalue weighted by Gasteiger charge is -2.36. The van der Waals surface area contributed by atoms with E-state index in [2.05, 4.69) is 10.6 Å². The van der Waals surface area contributed by atoms with Crippen molar-refractivity contribution in [3.05, 3.63) is 0 Å². The Labute approximate surface area is 133 Å². The van der Waals surface area contributed by atoms with Crippen LogP contribution in [0, 0.1) is 0 Å². The van der Waals surface area contributed by atoms with Gasteiger partial charge < -0.3 is 16.4 Å². The lowest BCUT2D eigenvalue weighted by Crippen LogP contribution is -2.60. The summed E-state index contributed by atoms with van der Waals surface area (Å²) in [5.74, 6) is 0. The third-order valence-corrected chi connectivity index (χ3v) is 5.36. The highest BCUT2D eigenvalue weighted by atomic mass is 32.1. The van der Waals surface area contributed by atoms with Crippen molar-refractivity contribution in [1.29, 1.82) is 0 Å². The van der Waals surface area contributed by atoms with Crippen LogP contribution in [-0.2, 0) is 0 Å². The minimum atomic E-state index is -0.478. The molecular formula is C16H29N3OS. The molecule has 120 valence electrons. The molecule has 0 radical (unpaired) electrons. The fraction of sp³-hybridized carbons (Fsp3) is 0.875. The van der Waals surface area contributed by atoms with Gasteiger partial charge in [0.2, 0.25) is 0 Å². The van der Waals surface area contributed by atoms with Gasteiger partial charge in [0.05, 0.1) is 10.5 Å². The Morgan fingerprint density at radius 2 is 1.48 bits per heavy atom. The molecule has 21 heavy (non-hydrogen) atoms. The molecule has 5 heteroatoms. The van der Waals surface area contributed by atoms with Gasteiger partial charge in [-0.25, -0.2) is 4.79 Å². The molecule has 0 heterocycles. The maximum absolute atomic E-state index is 12.3. The molecule has 2 rings (SSSR count). The van der Waals surface area contributed by atoms with Crippen LogP contribution in [0.4, 0.5) is 4.79 Å². The minimum absolute atomic E-state index is 0.0877. The standard InChI is InChI=1S/C16H29N3OS/c17-14(21)16(11-7-2-1-3-8-12-16)19-15(20)18-13-9-5-4-6-10-13/h13H,1-12H2,(H2,17,21)(H2,18,19,20). The van der Waals surface area contributed by atoms with Crippen LogP contribution in [0.5, 0.6) is 0 Å². The number of amides is 2. The van der Waals surface area contributed by atoms with E-state index in [9.17, 15) is 4.79 Å². The number of nitrogens with one attached hydrogen (secondary N) is 2. The van der Waals surface area contributed by atoms with Crippen LogP contribution in [0.25, 0.3) is 0 Å². The molecule has 2 aliphatic carbocycles. The van der Waals surface area contributed by atoms with Crippen LogP contribution in [0.15, 0.2) is 0 Å². The number of urea groups is 1. The highest BCUT2D eigenvalue weighted by molar-refractivity contribution is 7.80. The summed E-state index contributed by atoms with van der Waals surface area (Å²) in [6.45, 7) is 0. The molecule has 0 atom stereocenters. The fourth-order valence-corrected chi connectivity index (χ4v) is 3.88. The van der Waals surface area contributed by atoms with Crippen LogP contribution in [0.3, 0.4) is 0 Å². The topological polar surface area (TPSA) is 67.1 Å². The van der Waals surface area contributed by atoms with E-state index in [-0.39, 0.29) is 6.03 Å². The average molecular weight is 311 g/mol. The van der Waals surface area contributed by atoms with E-state index in [1.54, 1.807) is 0 Å². The van der Waals surface area contributed by atoms with E-state index in [0.717, 1.165) is 38.5 Å². The molecule has 0 bridgehead atoms. The van der Waals surface area contributed by atoms with Crippen LogP contribution < -0.4 is 16.4 Å². The van der Waals surface area contributed by atoms with Crippen LogP contribution >= 0.6 is 12.2 Å². The Morgan fingerprint density at radius 1 is 0.952 bits per heavy atom. The third kappa shape index (κ3) is 4.83. The molecule has 4 nitrogen and oxygen atoms in total. The molecule has 0 aromatic carbocycles. The van der Waals surface area contributed by atoms with Crippen molar-refractivity contribution in [3.63, 3.8) is 0 Å². The zero-order valence-electron chi connectivity index (χ0n) is 13.0. The molecular weight excluding hydrogens is 282 g/mol. The van der Waals surface area contributed by atoms with Crippen LogP contribution in [0.2, 0.25) is 0 Å². The molecule has 0 aromatic heterocycles. The van der Waals surface area contributed by atoms with E-state index >= 15 is 0 Å². The van der Waals surface area contributed by atoms with Gasteiger partial charge in [-0.2, -0.15) is 0 Å². The van der Waals surface area contributed by atoms with Crippen LogP contribution in [0.1, 0.15) is 77.0 Å². The largest absolute Gasteiger partial charge is 0.391 e. The van der Waals surface area contributed by atoms with E-state index in [4.69, 9.17) is 18.0 Å². The number of rotatable bonds is 3. The van der Waals surface area contributed by atoms with Crippen LogP contribution in [-0.4, -0.2) is 22.6 Å². The van der Waals surface area contributed by atoms with E-state index < -0.39 is 5.54 Å². The molecule has 2 amide bonds. The van der Waals surface area contributed by atoms with Gasteiger partial charge in [-0.1, -0.05) is 63.6 Å². The number of nitrogens with two attached hydrogens (primary N) is 1. The Balaban J connectivity index is 1.93. The highest BCUT2D eigenvalue weighted by Crippen LogP contribution is 2.27. The lowest BCUT2D eigenvalue weighted by molar-refractivity contribution is 0.219. The molecule has 0 unspecified atom stereocenters. The molecule has 0 aromatic rings. The van der Waals surface area contributed by atoms with Crippen molar-refractivity contribution in [3.8, 4) is 0 Å². The summed E-state index contributed by atoms with van der Waals surface area (Å²) in [6, 6.07) is 0.228. The second-order valence-electron chi connectivity index (χ2n) is 6.65. The lowest BCUT2D eigenvalue weighted by atomic mass is 9.84. The van der Waals surface area contributed by atoms with Gasteiger partial charge in [-0.05, 0) is 25.7 Å². The summed E-state index contributed by atoms with van der Waals surface area (Å²) in [4.78, 5) is 12.8. The first kappa shape index (κ1) is 16.5. The van der Waals surface area contributed by atoms with Crippen molar-refractivity contribution < 1.29 is 4.79 Å². The summed E-state index contributed by atoms with van der Waals surface area (Å²) < 4.78 is 0. The summed E-state index contributed by atoms with van der Waals surface area (Å²) >= 11 is 5.29. The fourth-order valence-electron chi connectivity index (χ4n) is 3.63. The summed E-state index contributed by atoms with van der Waals surface area (Å²) in [5.41, 5.74) is 5.52. The maximum Gasteiger partial charge on any atom is 0.315 e. The van der Waals surface area contributed by atoms with Gasteiger partial charge in [0.1, 0.15) is 0 Å². The highest BCUT2D eigenvalue weighted by Gasteiger charge is 2.35. The monoisotopic (exact) mass is 311 g/mol. The predicted molar refractivity (Wildman–Crippen MR) is 90.4 cm³/mol. The Hall–Kier alpha value is -0.840. The van der Waals surface area contributed by atoms with Gasteiger partial charge in [0, 0.05) is 6.04 Å². The van der Waals surface area contributed by atoms with Crippen molar-refractivity contribution in [2.24, 2.45) is 5.73 Å². The molecule has 2 saturated carbocycles. The number of hydrogen-bond acceptors (Lipinski definition) is 2. The third-order valence-electron chi connectivity index (χ3n) is 4.97. The molecule has 0 aliphatic heterocycles. The van der Waals surface area contributed by atoms with Gasteiger partial charge in [-0.3, -0.25) is 0 Å². The molecule has 2 fully saturated rings. The number of carbonyl (C=O) groups excluding carboxylic acids is 1. The first-order valence-corrected chi connectivity index (χ1v) is 8.92. The van der Waals surface area contributed by atoms with E-state index in [1.807, 2.05) is 0 Å². The number of hydrogen-bond donors (Lipinski definition) is 3. The first-order chi connectivity index (χ1) is 10.1. The SMILES string of the molecule is NC(=S)C1(NC(=O)NC2CCCCC2)CCCCCCC1. The van der Waals surface area contributed by atoms with Gasteiger partial charge in [-0.15, -0.1) is 0 Å². The quantitative estimate of drug-likeness (QED) is 0.700. The zero-order valence-corrected chi connectivity index (χ0v) is 13.8. The Kier molecular flexibility index (Phi) is 6.27. The summed E-state index contributed by atoms with van der Waals surface area (Å²) in [7, 11) is 0. The first-order valence-electron chi connectivity index (χ1n) is 8.51. The zero-order chi connectivity index (χ0) is 15.1. The second-order valence-corrected chi connectivity index (χ2v) is 7.09. The van der Waals surface area contributed by atoms with E-state index in [1.165, 1.54) is 38.5 Å². The second kappa shape index (κ2) is 7.97. The maximum atomic E-state index is 12.3. The minimum Gasteiger partial charge on any atom is -0.391 e. The summed E-state index contributed by atoms with van der Waals surface area (Å²) in [5, 5.41) is 6.25. The van der Waals surface area contributed by atoms with Crippen molar-refractivity contribution in [2.45, 2.75) is 88.6 Å². The van der Waals surface area contributed by atoms with Crippen molar-refractivity contribution in [1.82, 2.24) is 10.6 Å². The Morgan fingerprint density at radius 3 is 2.05 bits per heavy atom. The van der Waals surface area contributed by atoms with E-state index in [0.29, 0.717) is 11.0 Å². The van der Waals surface area contributed by atoms with Crippen molar-refractivity contribution in [2.75, 3.05) is 0 Å². The predicted octanol–water partition coefficient (Wildman–Crippen LogP) is 3.39. The molecule has 4 N–H and O–H groups in total. The number of carbonyl (C=O) groups is 1. The molecule has 2 aliphatic rings. The number of thiocarbonyl (C=S) groups is 1. The normalized spacial score (nSPS) is 23.6. The van der Waals surface area contributed by atoms with Gasteiger partial charge in [0.15, 0.2) is 0 Å². The molecule has 0 saturated heterocycles. The summed E-state index contributed by atoms with van der Waals surface area (Å²) in [6.07, 6.45) is 13.5. The van der Waals surface area contributed by atoms with Crippen molar-refractivity contribution >= 4 is 23.2 Å². The smallest absolute Gasteiger partial charge is 0.315 e. The van der Waals surface area contributed by atoms with Gasteiger partial charge in [0.25, 0.3) is 0 Å².